The van der Waals surface area contributed by atoms with Gasteiger partial charge in [-0.3, -0.25) is 10.1 Å². The Morgan fingerprint density at radius 3 is 2.58 bits per heavy atom. The van der Waals surface area contributed by atoms with Crippen LogP contribution in [0.1, 0.15) is 5.56 Å². The predicted molar refractivity (Wildman–Crippen MR) is 85.0 cm³/mol. The molecule has 0 aromatic heterocycles. The van der Waals surface area contributed by atoms with Gasteiger partial charge in [0.1, 0.15) is 11.5 Å². The molecule has 2 rings (SSSR count). The number of hydrogen-bond donors (Lipinski definition) is 0. The van der Waals surface area contributed by atoms with E-state index in [-0.39, 0.29) is 5.69 Å². The Morgan fingerprint density at radius 2 is 1.95 bits per heavy atom. The summed E-state index contributed by atoms with van der Waals surface area (Å²) in [5, 5.41) is 11.2. The van der Waals surface area contributed by atoms with Gasteiger partial charge < -0.3 is 4.74 Å². The summed E-state index contributed by atoms with van der Waals surface area (Å²) in [6.07, 6.45) is 0. The summed E-state index contributed by atoms with van der Waals surface area (Å²) in [6.45, 7) is 0. The summed E-state index contributed by atoms with van der Waals surface area (Å²) >= 11 is 5.45. The highest BCUT2D eigenvalue weighted by Crippen LogP contribution is 2.29. The van der Waals surface area contributed by atoms with Crippen molar-refractivity contribution in [1.82, 2.24) is 0 Å². The fraction of sp³-hybridized carbons (Fsp3) is 0.0769. The Kier molecular flexibility index (Phi) is 4.76. The van der Waals surface area contributed by atoms with Crippen LogP contribution in [0.25, 0.3) is 0 Å². The van der Waals surface area contributed by atoms with Gasteiger partial charge in [0.15, 0.2) is 0 Å². The number of hydrogen-bond acceptors (Lipinski definition) is 3. The number of ether oxygens (including phenoxy) is 1. The van der Waals surface area contributed by atoms with Crippen molar-refractivity contribution in [2.75, 3.05) is 0 Å². The lowest BCUT2D eigenvalue weighted by Gasteiger charge is -2.07. The molecule has 2 aromatic carbocycles. The first-order valence-electron chi connectivity index (χ1n) is 5.37. The Labute approximate surface area is 132 Å². The van der Waals surface area contributed by atoms with Crippen LogP contribution in [0.5, 0.6) is 11.5 Å². The van der Waals surface area contributed by atoms with Gasteiger partial charge in [-0.25, -0.2) is 0 Å². The molecule has 6 heteroatoms. The molecule has 0 amide bonds. The van der Waals surface area contributed by atoms with E-state index in [1.54, 1.807) is 12.1 Å². The molecule has 0 heterocycles. The molecular weight excluding hydrogens is 425 g/mol. The highest BCUT2D eigenvalue weighted by molar-refractivity contribution is 14.1. The third-order valence-electron chi connectivity index (χ3n) is 2.42. The van der Waals surface area contributed by atoms with Crippen molar-refractivity contribution < 1.29 is 9.66 Å². The normalized spacial score (nSPS) is 10.2. The van der Waals surface area contributed by atoms with Gasteiger partial charge in [-0.15, -0.1) is 0 Å². The van der Waals surface area contributed by atoms with Gasteiger partial charge in [0.2, 0.25) is 0 Å². The maximum absolute atomic E-state index is 10.8. The molecule has 0 atom stereocenters. The van der Waals surface area contributed by atoms with Gasteiger partial charge in [0, 0.05) is 20.5 Å². The van der Waals surface area contributed by atoms with E-state index in [4.69, 9.17) is 4.74 Å². The largest absolute Gasteiger partial charge is 0.457 e. The van der Waals surface area contributed by atoms with E-state index in [2.05, 4.69) is 38.5 Å². The van der Waals surface area contributed by atoms with E-state index in [1.807, 2.05) is 24.3 Å². The lowest BCUT2D eigenvalue weighted by Crippen LogP contribution is -1.94. The molecule has 0 bridgehead atoms. The molecule has 0 aliphatic rings. The fourth-order valence-corrected chi connectivity index (χ4v) is 2.54. The first kappa shape index (κ1) is 14.3. The van der Waals surface area contributed by atoms with Crippen LogP contribution in [0.4, 0.5) is 5.69 Å². The molecule has 0 radical (unpaired) electrons. The standard InChI is InChI=1S/C13H9BrINO3/c14-8-9-6-12(4-5-13(9)16(17)18)19-11-3-1-2-10(15)7-11/h1-7H,8H2. The second kappa shape index (κ2) is 6.33. The van der Waals surface area contributed by atoms with Gasteiger partial charge in [0.05, 0.1) is 4.92 Å². The number of nitro benzene ring substituents is 1. The molecule has 0 saturated carbocycles. The minimum atomic E-state index is -0.397. The SMILES string of the molecule is O=[N+]([O-])c1ccc(Oc2cccc(I)c2)cc1CBr. The van der Waals surface area contributed by atoms with Crippen molar-refractivity contribution in [2.45, 2.75) is 5.33 Å². The van der Waals surface area contributed by atoms with Crippen LogP contribution in [0.2, 0.25) is 0 Å². The van der Waals surface area contributed by atoms with E-state index in [0.29, 0.717) is 22.4 Å². The average Bonchev–Trinajstić information content (AvgIpc) is 2.38. The molecular formula is C13H9BrINO3. The Balaban J connectivity index is 2.29. The summed E-state index contributed by atoms with van der Waals surface area (Å²) in [5.74, 6) is 1.29. The van der Waals surface area contributed by atoms with Gasteiger partial charge in [-0.1, -0.05) is 22.0 Å². The van der Waals surface area contributed by atoms with Gasteiger partial charge >= 0.3 is 0 Å². The van der Waals surface area contributed by atoms with E-state index >= 15 is 0 Å². The highest BCUT2D eigenvalue weighted by atomic mass is 127. The molecule has 4 nitrogen and oxygen atoms in total. The topological polar surface area (TPSA) is 52.4 Å². The molecule has 0 spiro atoms. The van der Waals surface area contributed by atoms with Crippen molar-refractivity contribution in [2.24, 2.45) is 0 Å². The second-order valence-corrected chi connectivity index (χ2v) is 5.55. The van der Waals surface area contributed by atoms with Crippen LogP contribution < -0.4 is 4.74 Å². The minimum Gasteiger partial charge on any atom is -0.457 e. The van der Waals surface area contributed by atoms with Crippen LogP contribution in [-0.4, -0.2) is 4.92 Å². The molecule has 0 saturated heterocycles. The average molecular weight is 434 g/mol. The zero-order valence-electron chi connectivity index (χ0n) is 9.68. The fourth-order valence-electron chi connectivity index (χ4n) is 1.58. The summed E-state index contributed by atoms with van der Waals surface area (Å²) in [5.41, 5.74) is 0.681. The Hall–Kier alpha value is -1.15. The third kappa shape index (κ3) is 3.66. The zero-order valence-corrected chi connectivity index (χ0v) is 13.4. The maximum atomic E-state index is 10.8. The van der Waals surface area contributed by atoms with Gasteiger partial charge in [-0.05, 0) is 52.9 Å². The lowest BCUT2D eigenvalue weighted by atomic mass is 10.2. The van der Waals surface area contributed by atoms with E-state index in [0.717, 1.165) is 3.57 Å². The second-order valence-electron chi connectivity index (χ2n) is 3.74. The van der Waals surface area contributed by atoms with E-state index in [1.165, 1.54) is 6.07 Å². The summed E-state index contributed by atoms with van der Waals surface area (Å²) in [6, 6.07) is 12.3. The molecule has 0 N–H and O–H groups in total. The number of halogens is 2. The molecule has 2 aromatic rings. The lowest BCUT2D eigenvalue weighted by molar-refractivity contribution is -0.385. The maximum Gasteiger partial charge on any atom is 0.273 e. The van der Waals surface area contributed by atoms with Crippen molar-refractivity contribution >= 4 is 44.2 Å². The molecule has 0 fully saturated rings. The number of nitro groups is 1. The van der Waals surface area contributed by atoms with Crippen LogP contribution in [0.3, 0.4) is 0 Å². The quantitative estimate of drug-likeness (QED) is 0.298. The first-order valence-corrected chi connectivity index (χ1v) is 7.57. The molecule has 98 valence electrons. The number of rotatable bonds is 4. The van der Waals surface area contributed by atoms with Gasteiger partial charge in [0.25, 0.3) is 5.69 Å². The van der Waals surface area contributed by atoms with Crippen molar-refractivity contribution in [3.63, 3.8) is 0 Å². The number of nitrogens with zero attached hydrogens (tertiary/aromatic N) is 1. The molecule has 0 unspecified atom stereocenters. The van der Waals surface area contributed by atoms with Crippen LogP contribution in [0.15, 0.2) is 42.5 Å². The van der Waals surface area contributed by atoms with Crippen molar-refractivity contribution in [3.05, 3.63) is 61.7 Å². The Morgan fingerprint density at radius 1 is 1.21 bits per heavy atom. The smallest absolute Gasteiger partial charge is 0.273 e. The molecule has 19 heavy (non-hydrogen) atoms. The molecule has 0 aliphatic carbocycles. The Bertz CT molecular complexity index is 619. The monoisotopic (exact) mass is 433 g/mol. The third-order valence-corrected chi connectivity index (χ3v) is 3.70. The van der Waals surface area contributed by atoms with E-state index in [9.17, 15) is 10.1 Å². The van der Waals surface area contributed by atoms with Gasteiger partial charge in [-0.2, -0.15) is 0 Å². The zero-order chi connectivity index (χ0) is 13.8. The highest BCUT2D eigenvalue weighted by Gasteiger charge is 2.13. The number of alkyl halides is 1. The summed E-state index contributed by atoms with van der Waals surface area (Å²) < 4.78 is 6.76. The van der Waals surface area contributed by atoms with E-state index < -0.39 is 4.92 Å². The van der Waals surface area contributed by atoms with Crippen LogP contribution in [0, 0.1) is 13.7 Å². The van der Waals surface area contributed by atoms with Crippen LogP contribution in [-0.2, 0) is 5.33 Å². The molecule has 0 aliphatic heterocycles. The number of benzene rings is 2. The van der Waals surface area contributed by atoms with Crippen molar-refractivity contribution in [3.8, 4) is 11.5 Å². The minimum absolute atomic E-state index is 0.0897. The van der Waals surface area contributed by atoms with Crippen molar-refractivity contribution in [1.29, 1.82) is 0 Å². The summed E-state index contributed by atoms with van der Waals surface area (Å²) in [4.78, 5) is 10.4. The summed E-state index contributed by atoms with van der Waals surface area (Å²) in [7, 11) is 0. The van der Waals surface area contributed by atoms with Crippen LogP contribution >= 0.6 is 38.5 Å². The first-order chi connectivity index (χ1) is 9.10. The predicted octanol–water partition coefficient (Wildman–Crippen LogP) is 4.89.